The molecule has 1 amide bonds. The van der Waals surface area contributed by atoms with Crippen molar-refractivity contribution in [3.05, 3.63) is 47.6 Å². The van der Waals surface area contributed by atoms with Crippen LogP contribution in [0.1, 0.15) is 46.3 Å². The Morgan fingerprint density at radius 2 is 2.22 bits per heavy atom. The minimum Gasteiger partial charge on any atom is -0.382 e. The van der Waals surface area contributed by atoms with Crippen LogP contribution < -0.4 is 0 Å². The van der Waals surface area contributed by atoms with Gasteiger partial charge in [-0.15, -0.1) is 0 Å². The fourth-order valence-corrected chi connectivity index (χ4v) is 3.27. The topological polar surface area (TPSA) is 90.3 Å². The summed E-state index contributed by atoms with van der Waals surface area (Å²) in [6, 6.07) is 1.65. The van der Waals surface area contributed by atoms with Crippen LogP contribution in [0.25, 0.3) is 0 Å². The first-order valence-corrected chi connectivity index (χ1v) is 9.13. The Morgan fingerprint density at radius 3 is 3.00 bits per heavy atom. The lowest BCUT2D eigenvalue weighted by atomic mass is 9.92. The third-order valence-electron chi connectivity index (χ3n) is 4.60. The van der Waals surface area contributed by atoms with Crippen molar-refractivity contribution in [3.8, 4) is 0 Å². The zero-order chi connectivity index (χ0) is 19.1. The zero-order valence-corrected chi connectivity index (χ0v) is 15.8. The van der Waals surface area contributed by atoms with Crippen LogP contribution in [0, 0.1) is 6.92 Å². The number of hydrogen-bond acceptors (Lipinski definition) is 7. The van der Waals surface area contributed by atoms with Crippen LogP contribution in [-0.4, -0.2) is 64.2 Å². The molecule has 2 aromatic heterocycles. The van der Waals surface area contributed by atoms with E-state index in [1.807, 2.05) is 18.0 Å². The van der Waals surface area contributed by atoms with Gasteiger partial charge in [-0.3, -0.25) is 4.79 Å². The molecular formula is C19H25N5O3. The second kappa shape index (κ2) is 9.48. The van der Waals surface area contributed by atoms with Crippen LogP contribution >= 0.6 is 0 Å². The highest BCUT2D eigenvalue weighted by Gasteiger charge is 2.28. The standard InChI is InChI=1S/C19H25N5O3/c1-14-21-10-16(12-27-9-8-26-2)18(23-14)15-4-3-7-24(11-15)19(25)17-5-6-20-13-22-17/h5-6,10,13,15H,3-4,7-9,11-12H2,1-2H3. The minimum atomic E-state index is -0.0641. The average molecular weight is 371 g/mol. The summed E-state index contributed by atoms with van der Waals surface area (Å²) in [6.45, 7) is 4.73. The molecule has 1 atom stereocenters. The third kappa shape index (κ3) is 5.05. The molecule has 0 N–H and O–H groups in total. The van der Waals surface area contributed by atoms with Gasteiger partial charge in [0, 0.05) is 44.1 Å². The lowest BCUT2D eigenvalue weighted by molar-refractivity contribution is 0.0602. The number of methoxy groups -OCH3 is 1. The number of ether oxygens (including phenoxy) is 2. The van der Waals surface area contributed by atoms with Crippen molar-refractivity contribution in [2.75, 3.05) is 33.4 Å². The predicted molar refractivity (Wildman–Crippen MR) is 98.2 cm³/mol. The molecule has 1 unspecified atom stereocenters. The van der Waals surface area contributed by atoms with Gasteiger partial charge in [0.05, 0.1) is 25.5 Å². The van der Waals surface area contributed by atoms with Crippen molar-refractivity contribution in [3.63, 3.8) is 0 Å². The van der Waals surface area contributed by atoms with E-state index in [0.717, 1.165) is 36.5 Å². The fraction of sp³-hybridized carbons (Fsp3) is 0.526. The summed E-state index contributed by atoms with van der Waals surface area (Å²) in [6.07, 6.45) is 6.72. The van der Waals surface area contributed by atoms with Crippen LogP contribution in [0.5, 0.6) is 0 Å². The molecule has 27 heavy (non-hydrogen) atoms. The van der Waals surface area contributed by atoms with Gasteiger partial charge in [-0.25, -0.2) is 19.9 Å². The molecule has 1 saturated heterocycles. The van der Waals surface area contributed by atoms with Gasteiger partial charge in [0.2, 0.25) is 0 Å². The second-order valence-electron chi connectivity index (χ2n) is 6.56. The number of hydrogen-bond donors (Lipinski definition) is 0. The predicted octanol–water partition coefficient (Wildman–Crippen LogP) is 1.76. The number of likely N-dealkylation sites (tertiary alicyclic amines) is 1. The zero-order valence-electron chi connectivity index (χ0n) is 15.8. The number of rotatable bonds is 7. The maximum Gasteiger partial charge on any atom is 0.272 e. The monoisotopic (exact) mass is 371 g/mol. The molecule has 0 spiro atoms. The van der Waals surface area contributed by atoms with Gasteiger partial charge in [-0.05, 0) is 25.8 Å². The number of carbonyl (C=O) groups excluding carboxylic acids is 1. The summed E-state index contributed by atoms with van der Waals surface area (Å²) in [5.74, 6) is 0.822. The van der Waals surface area contributed by atoms with E-state index in [9.17, 15) is 4.79 Å². The summed E-state index contributed by atoms with van der Waals surface area (Å²) in [7, 11) is 1.65. The number of aromatic nitrogens is 4. The van der Waals surface area contributed by atoms with Crippen LogP contribution in [0.2, 0.25) is 0 Å². The number of amides is 1. The maximum absolute atomic E-state index is 12.7. The number of aryl methyl sites for hydroxylation is 1. The van der Waals surface area contributed by atoms with Crippen LogP contribution in [0.4, 0.5) is 0 Å². The van der Waals surface area contributed by atoms with E-state index >= 15 is 0 Å². The van der Waals surface area contributed by atoms with E-state index < -0.39 is 0 Å². The van der Waals surface area contributed by atoms with Gasteiger partial charge in [0.1, 0.15) is 17.8 Å². The van der Waals surface area contributed by atoms with Crippen molar-refractivity contribution in [1.29, 1.82) is 0 Å². The van der Waals surface area contributed by atoms with Crippen molar-refractivity contribution >= 4 is 5.91 Å². The Morgan fingerprint density at radius 1 is 1.33 bits per heavy atom. The molecule has 0 bridgehead atoms. The highest BCUT2D eigenvalue weighted by molar-refractivity contribution is 5.92. The highest BCUT2D eigenvalue weighted by Crippen LogP contribution is 2.29. The fourth-order valence-electron chi connectivity index (χ4n) is 3.27. The van der Waals surface area contributed by atoms with Crippen molar-refractivity contribution in [2.45, 2.75) is 32.3 Å². The van der Waals surface area contributed by atoms with E-state index in [2.05, 4.69) is 19.9 Å². The molecule has 1 aliphatic rings. The summed E-state index contributed by atoms with van der Waals surface area (Å²) >= 11 is 0. The third-order valence-corrected chi connectivity index (χ3v) is 4.60. The van der Waals surface area contributed by atoms with Crippen LogP contribution in [-0.2, 0) is 16.1 Å². The van der Waals surface area contributed by atoms with Crippen LogP contribution in [0.15, 0.2) is 24.8 Å². The summed E-state index contributed by atoms with van der Waals surface area (Å²) < 4.78 is 10.7. The van der Waals surface area contributed by atoms with Gasteiger partial charge in [-0.2, -0.15) is 0 Å². The van der Waals surface area contributed by atoms with Gasteiger partial charge in [0.15, 0.2) is 0 Å². The smallest absolute Gasteiger partial charge is 0.272 e. The highest BCUT2D eigenvalue weighted by atomic mass is 16.5. The summed E-state index contributed by atoms with van der Waals surface area (Å²) in [5, 5.41) is 0. The molecule has 144 valence electrons. The SMILES string of the molecule is COCCOCc1cnc(C)nc1C1CCCN(C(=O)c2ccncn2)C1. The largest absolute Gasteiger partial charge is 0.382 e. The quantitative estimate of drug-likeness (QED) is 0.685. The maximum atomic E-state index is 12.7. The molecule has 2 aromatic rings. The van der Waals surface area contributed by atoms with Gasteiger partial charge < -0.3 is 14.4 Å². The lowest BCUT2D eigenvalue weighted by Gasteiger charge is -2.33. The van der Waals surface area contributed by atoms with E-state index in [1.54, 1.807) is 19.4 Å². The molecule has 3 heterocycles. The second-order valence-corrected chi connectivity index (χ2v) is 6.56. The number of carbonyl (C=O) groups is 1. The average Bonchev–Trinajstić information content (AvgIpc) is 2.72. The van der Waals surface area contributed by atoms with E-state index in [0.29, 0.717) is 32.1 Å². The van der Waals surface area contributed by atoms with Crippen LogP contribution in [0.3, 0.4) is 0 Å². The minimum absolute atomic E-state index is 0.0641. The molecule has 0 radical (unpaired) electrons. The first kappa shape index (κ1) is 19.3. The molecular weight excluding hydrogens is 346 g/mol. The summed E-state index contributed by atoms with van der Waals surface area (Å²) in [5.41, 5.74) is 2.37. The van der Waals surface area contributed by atoms with Gasteiger partial charge >= 0.3 is 0 Å². The Bertz CT molecular complexity index is 756. The van der Waals surface area contributed by atoms with Gasteiger partial charge in [-0.1, -0.05) is 0 Å². The molecule has 8 nitrogen and oxygen atoms in total. The van der Waals surface area contributed by atoms with Crippen molar-refractivity contribution in [1.82, 2.24) is 24.8 Å². The Hall–Kier alpha value is -2.45. The Kier molecular flexibility index (Phi) is 6.78. The Labute approximate surface area is 159 Å². The van der Waals surface area contributed by atoms with Crippen molar-refractivity contribution in [2.24, 2.45) is 0 Å². The van der Waals surface area contributed by atoms with E-state index in [4.69, 9.17) is 9.47 Å². The molecule has 1 fully saturated rings. The normalized spacial score (nSPS) is 17.1. The van der Waals surface area contributed by atoms with E-state index in [1.165, 1.54) is 6.33 Å². The summed E-state index contributed by atoms with van der Waals surface area (Å²) in [4.78, 5) is 31.5. The Balaban J connectivity index is 1.73. The van der Waals surface area contributed by atoms with E-state index in [-0.39, 0.29) is 11.8 Å². The van der Waals surface area contributed by atoms with Gasteiger partial charge in [0.25, 0.3) is 5.91 Å². The number of piperidine rings is 1. The van der Waals surface area contributed by atoms with Crippen molar-refractivity contribution < 1.29 is 14.3 Å². The lowest BCUT2D eigenvalue weighted by Crippen LogP contribution is -2.40. The molecule has 0 aromatic carbocycles. The first-order valence-electron chi connectivity index (χ1n) is 9.13. The molecule has 0 aliphatic carbocycles. The molecule has 8 heteroatoms. The molecule has 3 rings (SSSR count). The number of nitrogens with zero attached hydrogens (tertiary/aromatic N) is 5. The first-order chi connectivity index (χ1) is 13.2. The molecule has 0 saturated carbocycles. The molecule has 1 aliphatic heterocycles.